The van der Waals surface area contributed by atoms with Crippen molar-refractivity contribution >= 4 is 5.71 Å². The Morgan fingerprint density at radius 2 is 2.00 bits per heavy atom. The van der Waals surface area contributed by atoms with Gasteiger partial charge in [-0.1, -0.05) is 5.16 Å². The molecule has 78 valence electrons. The van der Waals surface area contributed by atoms with E-state index in [4.69, 9.17) is 10.9 Å². The molecule has 4 aliphatic rings. The van der Waals surface area contributed by atoms with E-state index in [0.29, 0.717) is 11.8 Å². The molecular formula is C11H18N2O. The first-order valence-electron chi connectivity index (χ1n) is 5.68. The molecule has 0 amide bonds. The van der Waals surface area contributed by atoms with E-state index in [9.17, 15) is 0 Å². The molecule has 4 bridgehead atoms. The normalized spacial score (nSPS) is 53.8. The van der Waals surface area contributed by atoms with E-state index in [1.165, 1.54) is 19.3 Å². The monoisotopic (exact) mass is 194 g/mol. The van der Waals surface area contributed by atoms with Crippen molar-refractivity contribution in [2.24, 2.45) is 28.6 Å². The molecule has 4 unspecified atom stereocenters. The van der Waals surface area contributed by atoms with Crippen LogP contribution < -0.4 is 5.73 Å². The zero-order valence-electron chi connectivity index (χ0n) is 8.45. The summed E-state index contributed by atoms with van der Waals surface area (Å²) in [7, 11) is 0. The van der Waals surface area contributed by atoms with Crippen LogP contribution in [0.1, 0.15) is 38.5 Å². The molecule has 0 aromatic rings. The molecule has 4 aliphatic carbocycles. The first kappa shape index (κ1) is 8.72. The maximum absolute atomic E-state index is 9.00. The van der Waals surface area contributed by atoms with Gasteiger partial charge in [-0.15, -0.1) is 0 Å². The highest BCUT2D eigenvalue weighted by Gasteiger charge is 2.48. The molecule has 4 rings (SSSR count). The summed E-state index contributed by atoms with van der Waals surface area (Å²) >= 11 is 0. The first-order valence-corrected chi connectivity index (χ1v) is 5.68. The van der Waals surface area contributed by atoms with Gasteiger partial charge in [-0.25, -0.2) is 0 Å². The van der Waals surface area contributed by atoms with Crippen LogP contribution in [-0.4, -0.2) is 16.5 Å². The van der Waals surface area contributed by atoms with E-state index in [-0.39, 0.29) is 5.54 Å². The molecule has 3 nitrogen and oxygen atoms in total. The van der Waals surface area contributed by atoms with Gasteiger partial charge < -0.3 is 10.9 Å². The number of fused-ring (bicyclic) bond motifs is 1. The maximum Gasteiger partial charge on any atom is 0.0605 e. The Balaban J connectivity index is 1.99. The van der Waals surface area contributed by atoms with Gasteiger partial charge in [0.05, 0.1) is 5.71 Å². The van der Waals surface area contributed by atoms with Crippen molar-refractivity contribution in [2.75, 3.05) is 0 Å². The average molecular weight is 194 g/mol. The van der Waals surface area contributed by atoms with Gasteiger partial charge in [0.15, 0.2) is 0 Å². The molecule has 14 heavy (non-hydrogen) atoms. The highest BCUT2D eigenvalue weighted by atomic mass is 16.4. The number of hydrogen-bond acceptors (Lipinski definition) is 3. The number of nitrogens with two attached hydrogens (primary N) is 1. The topological polar surface area (TPSA) is 58.6 Å². The molecule has 0 saturated heterocycles. The molecule has 0 aromatic heterocycles. The van der Waals surface area contributed by atoms with E-state index >= 15 is 0 Å². The third kappa shape index (κ3) is 1.18. The molecule has 3 heteroatoms. The minimum Gasteiger partial charge on any atom is -0.411 e. The van der Waals surface area contributed by atoms with Crippen molar-refractivity contribution in [3.63, 3.8) is 0 Å². The van der Waals surface area contributed by atoms with Gasteiger partial charge in [0.25, 0.3) is 0 Å². The smallest absolute Gasteiger partial charge is 0.0605 e. The lowest BCUT2D eigenvalue weighted by molar-refractivity contribution is 0.109. The second-order valence-corrected chi connectivity index (χ2v) is 5.67. The molecule has 4 fully saturated rings. The Morgan fingerprint density at radius 3 is 2.71 bits per heavy atom. The second-order valence-electron chi connectivity index (χ2n) is 5.67. The molecule has 0 aromatic carbocycles. The maximum atomic E-state index is 9.00. The van der Waals surface area contributed by atoms with Crippen molar-refractivity contribution < 1.29 is 5.21 Å². The zero-order chi connectivity index (χ0) is 9.76. The van der Waals surface area contributed by atoms with E-state index in [1.54, 1.807) is 0 Å². The van der Waals surface area contributed by atoms with Crippen molar-refractivity contribution in [3.8, 4) is 0 Å². The fourth-order valence-electron chi connectivity index (χ4n) is 4.19. The molecule has 4 atom stereocenters. The van der Waals surface area contributed by atoms with Gasteiger partial charge in [-0.3, -0.25) is 0 Å². The number of rotatable bonds is 0. The van der Waals surface area contributed by atoms with E-state index in [1.807, 2.05) is 0 Å². The highest BCUT2D eigenvalue weighted by Crippen LogP contribution is 2.51. The summed E-state index contributed by atoms with van der Waals surface area (Å²) < 4.78 is 0. The van der Waals surface area contributed by atoms with Crippen LogP contribution in [0.5, 0.6) is 0 Å². The summed E-state index contributed by atoms with van der Waals surface area (Å²) in [6, 6.07) is 0. The third-order valence-electron chi connectivity index (χ3n) is 4.43. The fourth-order valence-corrected chi connectivity index (χ4v) is 4.19. The Labute approximate surface area is 84.4 Å². The number of hydrogen-bond donors (Lipinski definition) is 2. The Morgan fingerprint density at radius 1 is 1.21 bits per heavy atom. The predicted octanol–water partition coefficient (Wildman–Crippen LogP) is 1.74. The minimum atomic E-state index is 0.0724. The molecule has 0 spiro atoms. The summed E-state index contributed by atoms with van der Waals surface area (Å²) in [4.78, 5) is 0. The minimum absolute atomic E-state index is 0.0724. The molecular weight excluding hydrogens is 176 g/mol. The quantitative estimate of drug-likeness (QED) is 0.456. The summed E-state index contributed by atoms with van der Waals surface area (Å²) in [6.45, 7) is 0. The lowest BCUT2D eigenvalue weighted by atomic mass is 9.63. The van der Waals surface area contributed by atoms with Crippen LogP contribution in [0.2, 0.25) is 0 Å². The predicted molar refractivity (Wildman–Crippen MR) is 54.3 cm³/mol. The van der Waals surface area contributed by atoms with Crippen LogP contribution in [0.4, 0.5) is 0 Å². The SMILES string of the molecule is NC12CC3CC(=NO)C(CC(C3)C1)C2. The van der Waals surface area contributed by atoms with Crippen LogP contribution in [0.3, 0.4) is 0 Å². The zero-order valence-corrected chi connectivity index (χ0v) is 8.45. The van der Waals surface area contributed by atoms with Crippen LogP contribution in [0.15, 0.2) is 5.16 Å². The number of nitrogens with zero attached hydrogens (tertiary/aromatic N) is 1. The van der Waals surface area contributed by atoms with Crippen molar-refractivity contribution in [3.05, 3.63) is 0 Å². The lowest BCUT2D eigenvalue weighted by Crippen LogP contribution is -2.50. The van der Waals surface area contributed by atoms with Gasteiger partial charge in [0.1, 0.15) is 0 Å². The molecule has 0 radical (unpaired) electrons. The van der Waals surface area contributed by atoms with Crippen LogP contribution in [0, 0.1) is 17.8 Å². The van der Waals surface area contributed by atoms with Gasteiger partial charge in [-0.2, -0.15) is 0 Å². The van der Waals surface area contributed by atoms with Gasteiger partial charge >= 0.3 is 0 Å². The number of oxime groups is 1. The van der Waals surface area contributed by atoms with Gasteiger partial charge in [0, 0.05) is 11.5 Å². The van der Waals surface area contributed by atoms with E-state index in [2.05, 4.69) is 5.16 Å². The first-order chi connectivity index (χ1) is 6.68. The molecule has 4 saturated carbocycles. The van der Waals surface area contributed by atoms with Crippen LogP contribution in [0.25, 0.3) is 0 Å². The average Bonchev–Trinajstić information content (AvgIpc) is 2.26. The van der Waals surface area contributed by atoms with Crippen molar-refractivity contribution in [1.82, 2.24) is 0 Å². The Bertz CT molecular complexity index is 289. The summed E-state index contributed by atoms with van der Waals surface area (Å²) in [5.74, 6) is 1.98. The second kappa shape index (κ2) is 2.72. The van der Waals surface area contributed by atoms with Crippen molar-refractivity contribution in [2.45, 2.75) is 44.1 Å². The van der Waals surface area contributed by atoms with Crippen LogP contribution >= 0.6 is 0 Å². The fraction of sp³-hybridized carbons (Fsp3) is 0.909. The van der Waals surface area contributed by atoms with E-state index in [0.717, 1.165) is 30.9 Å². The molecule has 0 heterocycles. The summed E-state index contributed by atoms with van der Waals surface area (Å²) in [5.41, 5.74) is 7.51. The largest absolute Gasteiger partial charge is 0.411 e. The van der Waals surface area contributed by atoms with Gasteiger partial charge in [0.2, 0.25) is 0 Å². The Hall–Kier alpha value is -0.570. The van der Waals surface area contributed by atoms with Crippen molar-refractivity contribution in [1.29, 1.82) is 0 Å². The standard InChI is InChI=1S/C11H18N2O/c12-11-4-7-1-8(5-11)3-10(13-14)9(2-7)6-11/h7-9,14H,1-6,12H2. The summed E-state index contributed by atoms with van der Waals surface area (Å²) in [5, 5.41) is 12.5. The van der Waals surface area contributed by atoms with Crippen LogP contribution in [-0.2, 0) is 0 Å². The summed E-state index contributed by atoms with van der Waals surface area (Å²) in [6.07, 6.45) is 6.94. The lowest BCUT2D eigenvalue weighted by Gasteiger charge is -2.45. The van der Waals surface area contributed by atoms with Gasteiger partial charge in [-0.05, 0) is 50.4 Å². The molecule has 3 N–H and O–H groups in total. The highest BCUT2D eigenvalue weighted by molar-refractivity contribution is 5.87. The third-order valence-corrected chi connectivity index (χ3v) is 4.43. The molecule has 0 aliphatic heterocycles. The van der Waals surface area contributed by atoms with E-state index < -0.39 is 0 Å². The Kier molecular flexibility index (Phi) is 1.69.